The second-order valence-corrected chi connectivity index (χ2v) is 9.56. The molecule has 2 aromatic rings. The fourth-order valence-corrected chi connectivity index (χ4v) is 5.39. The third kappa shape index (κ3) is 3.37. The van der Waals surface area contributed by atoms with Gasteiger partial charge in [0.25, 0.3) is 0 Å². The van der Waals surface area contributed by atoms with Gasteiger partial charge in [-0.1, -0.05) is 45.9 Å². The first-order valence-electron chi connectivity index (χ1n) is 9.16. The molecule has 0 fully saturated rings. The average molecular weight is 369 g/mol. The SMILES string of the molecule is COC(=O)c1ccc(/C=C/c2sc3c(c2C)C(C)(C)CCC3(C)C)cc1. The minimum Gasteiger partial charge on any atom is -0.465 e. The Hall–Kier alpha value is -1.87. The van der Waals surface area contributed by atoms with Crippen molar-refractivity contribution in [3.8, 4) is 0 Å². The Balaban J connectivity index is 1.93. The summed E-state index contributed by atoms with van der Waals surface area (Å²) in [4.78, 5) is 14.4. The minimum atomic E-state index is -0.299. The molecular weight excluding hydrogens is 340 g/mol. The van der Waals surface area contributed by atoms with E-state index in [9.17, 15) is 4.79 Å². The van der Waals surface area contributed by atoms with Crippen LogP contribution in [0.5, 0.6) is 0 Å². The van der Waals surface area contributed by atoms with Crippen molar-refractivity contribution in [1.82, 2.24) is 0 Å². The Morgan fingerprint density at radius 1 is 1.04 bits per heavy atom. The number of thiophene rings is 1. The summed E-state index contributed by atoms with van der Waals surface area (Å²) in [6.45, 7) is 11.8. The molecule has 0 radical (unpaired) electrons. The second kappa shape index (κ2) is 6.70. The van der Waals surface area contributed by atoms with Crippen LogP contribution >= 0.6 is 11.3 Å². The molecule has 0 N–H and O–H groups in total. The maximum Gasteiger partial charge on any atom is 0.337 e. The van der Waals surface area contributed by atoms with Gasteiger partial charge in [-0.05, 0) is 65.5 Å². The normalized spacial score (nSPS) is 17.9. The largest absolute Gasteiger partial charge is 0.465 e. The first-order chi connectivity index (χ1) is 12.2. The van der Waals surface area contributed by atoms with E-state index in [4.69, 9.17) is 4.74 Å². The highest BCUT2D eigenvalue weighted by molar-refractivity contribution is 7.13. The number of benzene rings is 1. The van der Waals surface area contributed by atoms with Crippen LogP contribution in [0.3, 0.4) is 0 Å². The molecule has 0 saturated heterocycles. The molecular formula is C23H28O2S. The second-order valence-electron chi connectivity index (χ2n) is 8.51. The van der Waals surface area contributed by atoms with E-state index in [1.54, 1.807) is 10.4 Å². The Labute approximate surface area is 160 Å². The molecule has 0 atom stereocenters. The van der Waals surface area contributed by atoms with Crippen LogP contribution < -0.4 is 0 Å². The minimum absolute atomic E-state index is 0.250. The Morgan fingerprint density at radius 2 is 1.65 bits per heavy atom. The number of hydrogen-bond acceptors (Lipinski definition) is 3. The molecule has 26 heavy (non-hydrogen) atoms. The summed E-state index contributed by atoms with van der Waals surface area (Å²) in [5, 5.41) is 0. The van der Waals surface area contributed by atoms with Crippen molar-refractivity contribution in [2.24, 2.45) is 0 Å². The Kier molecular flexibility index (Phi) is 4.87. The van der Waals surface area contributed by atoms with Crippen LogP contribution in [0, 0.1) is 6.92 Å². The van der Waals surface area contributed by atoms with Crippen LogP contribution in [-0.4, -0.2) is 13.1 Å². The maximum atomic E-state index is 11.5. The van der Waals surface area contributed by atoms with Gasteiger partial charge in [0.1, 0.15) is 0 Å². The number of carbonyl (C=O) groups excluding carboxylic acids is 1. The average Bonchev–Trinajstić information content (AvgIpc) is 2.96. The molecule has 2 nitrogen and oxygen atoms in total. The van der Waals surface area contributed by atoms with E-state index in [0.717, 1.165) is 5.56 Å². The van der Waals surface area contributed by atoms with Crippen molar-refractivity contribution in [3.63, 3.8) is 0 Å². The quantitative estimate of drug-likeness (QED) is 0.589. The van der Waals surface area contributed by atoms with Gasteiger partial charge in [-0.3, -0.25) is 0 Å². The molecule has 1 aromatic carbocycles. The van der Waals surface area contributed by atoms with Crippen molar-refractivity contribution in [2.45, 2.75) is 58.3 Å². The maximum absolute atomic E-state index is 11.5. The lowest BCUT2D eigenvalue weighted by atomic mass is 9.66. The lowest BCUT2D eigenvalue weighted by Gasteiger charge is -2.39. The summed E-state index contributed by atoms with van der Waals surface area (Å²) < 4.78 is 4.75. The third-order valence-corrected chi connectivity index (χ3v) is 7.23. The highest BCUT2D eigenvalue weighted by atomic mass is 32.1. The summed E-state index contributed by atoms with van der Waals surface area (Å²) in [5.74, 6) is -0.299. The van der Waals surface area contributed by atoms with Crippen LogP contribution in [0.15, 0.2) is 24.3 Å². The summed E-state index contributed by atoms with van der Waals surface area (Å²) in [5.41, 5.74) is 5.15. The van der Waals surface area contributed by atoms with E-state index in [1.807, 2.05) is 35.6 Å². The van der Waals surface area contributed by atoms with E-state index < -0.39 is 0 Å². The lowest BCUT2D eigenvalue weighted by Crippen LogP contribution is -2.32. The molecule has 0 amide bonds. The fourth-order valence-electron chi connectivity index (χ4n) is 3.87. The molecule has 1 heterocycles. The van der Waals surface area contributed by atoms with Crippen molar-refractivity contribution in [3.05, 3.63) is 56.3 Å². The van der Waals surface area contributed by atoms with Gasteiger partial charge in [-0.2, -0.15) is 0 Å². The van der Waals surface area contributed by atoms with E-state index in [1.165, 1.54) is 30.4 Å². The van der Waals surface area contributed by atoms with Crippen LogP contribution in [0.25, 0.3) is 12.2 Å². The van der Waals surface area contributed by atoms with Crippen LogP contribution in [-0.2, 0) is 15.6 Å². The first-order valence-corrected chi connectivity index (χ1v) is 9.98. The number of fused-ring (bicyclic) bond motifs is 1. The number of ether oxygens (including phenoxy) is 1. The molecule has 1 aliphatic carbocycles. The molecule has 0 aliphatic heterocycles. The van der Waals surface area contributed by atoms with Crippen LogP contribution in [0.1, 0.15) is 77.3 Å². The van der Waals surface area contributed by atoms with Gasteiger partial charge in [0.05, 0.1) is 12.7 Å². The zero-order valence-corrected chi connectivity index (χ0v) is 17.4. The molecule has 0 unspecified atom stereocenters. The molecule has 3 heteroatoms. The Morgan fingerprint density at radius 3 is 2.23 bits per heavy atom. The smallest absolute Gasteiger partial charge is 0.337 e. The van der Waals surface area contributed by atoms with Crippen molar-refractivity contribution in [1.29, 1.82) is 0 Å². The lowest BCUT2D eigenvalue weighted by molar-refractivity contribution is 0.0600. The predicted octanol–water partition coefficient (Wildman–Crippen LogP) is 6.36. The van der Waals surface area contributed by atoms with Crippen LogP contribution in [0.4, 0.5) is 0 Å². The molecule has 138 valence electrons. The molecule has 0 spiro atoms. The topological polar surface area (TPSA) is 26.3 Å². The number of hydrogen-bond donors (Lipinski definition) is 0. The number of esters is 1. The summed E-state index contributed by atoms with van der Waals surface area (Å²) in [7, 11) is 1.40. The van der Waals surface area contributed by atoms with Crippen molar-refractivity contribution < 1.29 is 9.53 Å². The number of carbonyl (C=O) groups is 1. The molecule has 3 rings (SSSR count). The van der Waals surface area contributed by atoms with E-state index >= 15 is 0 Å². The number of methoxy groups -OCH3 is 1. The number of rotatable bonds is 3. The zero-order valence-electron chi connectivity index (χ0n) is 16.6. The van der Waals surface area contributed by atoms with E-state index in [0.29, 0.717) is 5.56 Å². The molecule has 0 bridgehead atoms. The van der Waals surface area contributed by atoms with Gasteiger partial charge in [0.2, 0.25) is 0 Å². The molecule has 0 saturated carbocycles. The fraction of sp³-hybridized carbons (Fsp3) is 0.435. The standard InChI is InChI=1S/C23H28O2S/c1-15-18(12-9-16-7-10-17(11-8-16)21(24)25-6)26-20-19(15)22(2,3)13-14-23(20,4)5/h7-12H,13-14H2,1-6H3/b12-9+. The zero-order chi connectivity index (χ0) is 19.1. The third-order valence-electron chi connectivity index (χ3n) is 5.61. The highest BCUT2D eigenvalue weighted by Gasteiger charge is 2.40. The Bertz CT molecular complexity index is 851. The van der Waals surface area contributed by atoms with Gasteiger partial charge in [0.15, 0.2) is 0 Å². The van der Waals surface area contributed by atoms with Gasteiger partial charge in [0, 0.05) is 9.75 Å². The first kappa shape index (κ1) is 18.9. The van der Waals surface area contributed by atoms with Crippen molar-refractivity contribution >= 4 is 29.5 Å². The molecule has 1 aliphatic rings. The van der Waals surface area contributed by atoms with E-state index in [2.05, 4.69) is 46.8 Å². The summed E-state index contributed by atoms with van der Waals surface area (Å²) >= 11 is 1.94. The van der Waals surface area contributed by atoms with Crippen molar-refractivity contribution in [2.75, 3.05) is 7.11 Å². The van der Waals surface area contributed by atoms with Gasteiger partial charge < -0.3 is 4.74 Å². The highest BCUT2D eigenvalue weighted by Crippen LogP contribution is 2.51. The van der Waals surface area contributed by atoms with Gasteiger partial charge in [-0.25, -0.2) is 4.79 Å². The van der Waals surface area contributed by atoms with Gasteiger partial charge >= 0.3 is 5.97 Å². The monoisotopic (exact) mass is 368 g/mol. The van der Waals surface area contributed by atoms with E-state index in [-0.39, 0.29) is 16.8 Å². The summed E-state index contributed by atoms with van der Waals surface area (Å²) in [6.07, 6.45) is 6.83. The summed E-state index contributed by atoms with van der Waals surface area (Å²) in [6, 6.07) is 7.53. The predicted molar refractivity (Wildman–Crippen MR) is 111 cm³/mol. The van der Waals surface area contributed by atoms with Crippen LogP contribution in [0.2, 0.25) is 0 Å². The van der Waals surface area contributed by atoms with Gasteiger partial charge in [-0.15, -0.1) is 11.3 Å². The molecule has 1 aromatic heterocycles.